The Morgan fingerprint density at radius 3 is 2.83 bits per heavy atom. The Kier molecular flexibility index (Phi) is 5.57. The smallest absolute Gasteiger partial charge is 0.220 e. The van der Waals surface area contributed by atoms with Crippen LogP contribution in [0.4, 0.5) is 16.8 Å². The van der Waals surface area contributed by atoms with Gasteiger partial charge >= 0.3 is 0 Å². The third kappa shape index (κ3) is 4.45. The molecule has 4 rings (SSSR count). The van der Waals surface area contributed by atoms with Crippen LogP contribution in [0.3, 0.4) is 0 Å². The highest BCUT2D eigenvalue weighted by Crippen LogP contribution is 2.33. The second-order valence-electron chi connectivity index (χ2n) is 6.78. The van der Waals surface area contributed by atoms with E-state index in [9.17, 15) is 4.79 Å². The second kappa shape index (κ2) is 8.44. The van der Waals surface area contributed by atoms with Crippen molar-refractivity contribution in [2.75, 3.05) is 30.4 Å². The molecule has 0 atom stereocenters. The molecule has 3 aromatic rings. The van der Waals surface area contributed by atoms with E-state index in [0.717, 1.165) is 47.4 Å². The van der Waals surface area contributed by atoms with Crippen LogP contribution in [0.2, 0.25) is 0 Å². The van der Waals surface area contributed by atoms with Crippen molar-refractivity contribution in [1.82, 2.24) is 15.0 Å². The van der Waals surface area contributed by atoms with Gasteiger partial charge in [0.15, 0.2) is 5.13 Å². The molecule has 1 amide bonds. The van der Waals surface area contributed by atoms with Gasteiger partial charge in [-0.25, -0.2) is 15.0 Å². The van der Waals surface area contributed by atoms with Crippen LogP contribution >= 0.6 is 11.3 Å². The molecule has 3 N–H and O–H groups in total. The number of nitrogens with two attached hydrogens (primary N) is 1. The number of rotatable bonds is 6. The van der Waals surface area contributed by atoms with E-state index >= 15 is 0 Å². The lowest BCUT2D eigenvalue weighted by Crippen LogP contribution is -2.38. The highest BCUT2D eigenvalue weighted by Gasteiger charge is 2.24. The zero-order valence-corrected chi connectivity index (χ0v) is 16.9. The van der Waals surface area contributed by atoms with Crippen molar-refractivity contribution in [3.8, 4) is 16.3 Å². The summed E-state index contributed by atoms with van der Waals surface area (Å²) in [7, 11) is 1.62. The molecule has 1 aliphatic heterocycles. The highest BCUT2D eigenvalue weighted by molar-refractivity contribution is 7.18. The van der Waals surface area contributed by atoms with Crippen molar-refractivity contribution in [3.63, 3.8) is 0 Å². The first-order chi connectivity index (χ1) is 14.1. The number of hydrogen-bond donors (Lipinski definition) is 2. The van der Waals surface area contributed by atoms with Gasteiger partial charge in [-0.2, -0.15) is 0 Å². The van der Waals surface area contributed by atoms with Crippen LogP contribution < -0.4 is 20.7 Å². The number of anilines is 3. The van der Waals surface area contributed by atoms with E-state index in [0.29, 0.717) is 11.6 Å². The average Bonchev–Trinajstić information content (AvgIpc) is 3.24. The van der Waals surface area contributed by atoms with E-state index in [1.807, 2.05) is 30.5 Å². The molecule has 0 aliphatic carbocycles. The molecule has 150 valence electrons. The van der Waals surface area contributed by atoms with E-state index in [1.54, 1.807) is 30.7 Å². The number of carbonyl (C=O) groups is 1. The molecule has 29 heavy (non-hydrogen) atoms. The molecular weight excluding hydrogens is 388 g/mol. The van der Waals surface area contributed by atoms with Gasteiger partial charge in [0.25, 0.3) is 0 Å². The summed E-state index contributed by atoms with van der Waals surface area (Å²) in [5.41, 5.74) is 6.26. The maximum absolute atomic E-state index is 11.4. The molecule has 0 aromatic carbocycles. The minimum Gasteiger partial charge on any atom is -0.497 e. The third-order valence-electron chi connectivity index (χ3n) is 4.89. The zero-order chi connectivity index (χ0) is 20.2. The summed E-state index contributed by atoms with van der Waals surface area (Å²) in [6.45, 7) is 1.58. The Hall–Kier alpha value is -3.20. The summed E-state index contributed by atoms with van der Waals surface area (Å²) >= 11 is 1.60. The third-order valence-corrected chi connectivity index (χ3v) is 5.97. The second-order valence-corrected chi connectivity index (χ2v) is 7.79. The van der Waals surface area contributed by atoms with Gasteiger partial charge in [-0.15, -0.1) is 0 Å². The normalized spacial score (nSPS) is 14.6. The minimum atomic E-state index is -0.205. The lowest BCUT2D eigenvalue weighted by molar-refractivity contribution is -0.122. The summed E-state index contributed by atoms with van der Waals surface area (Å²) in [4.78, 5) is 28.1. The number of carbonyl (C=O) groups excluding carboxylic acids is 1. The first-order valence-electron chi connectivity index (χ1n) is 9.37. The van der Waals surface area contributed by atoms with Gasteiger partial charge in [0, 0.05) is 37.5 Å². The molecule has 9 heteroatoms. The molecule has 0 saturated carbocycles. The van der Waals surface area contributed by atoms with Crippen LogP contribution in [0.15, 0.2) is 42.7 Å². The van der Waals surface area contributed by atoms with Crippen LogP contribution in [0.25, 0.3) is 10.6 Å². The first kappa shape index (κ1) is 19.1. The largest absolute Gasteiger partial charge is 0.497 e. The van der Waals surface area contributed by atoms with E-state index in [1.165, 1.54) is 0 Å². The molecule has 0 bridgehead atoms. The number of ether oxygens (including phenoxy) is 1. The summed E-state index contributed by atoms with van der Waals surface area (Å²) < 4.78 is 5.23. The Morgan fingerprint density at radius 2 is 2.07 bits per heavy atom. The van der Waals surface area contributed by atoms with Crippen LogP contribution in [0.5, 0.6) is 5.75 Å². The number of amides is 1. The molecule has 0 radical (unpaired) electrons. The van der Waals surface area contributed by atoms with Crippen molar-refractivity contribution in [2.24, 2.45) is 11.7 Å². The maximum Gasteiger partial charge on any atom is 0.220 e. The van der Waals surface area contributed by atoms with Crippen LogP contribution in [0, 0.1) is 5.92 Å². The predicted octanol–water partition coefficient (Wildman–Crippen LogP) is 3.05. The van der Waals surface area contributed by atoms with Crippen molar-refractivity contribution >= 4 is 34.0 Å². The number of piperidine rings is 1. The minimum absolute atomic E-state index is 0.0275. The topological polar surface area (TPSA) is 106 Å². The van der Waals surface area contributed by atoms with E-state index < -0.39 is 0 Å². The molecule has 0 spiro atoms. The average molecular weight is 411 g/mol. The number of nitrogens with one attached hydrogen (secondary N) is 1. The number of aromatic nitrogens is 3. The summed E-state index contributed by atoms with van der Waals surface area (Å²) in [5.74, 6) is 1.85. The van der Waals surface area contributed by atoms with Crippen molar-refractivity contribution in [3.05, 3.63) is 42.7 Å². The lowest BCUT2D eigenvalue weighted by Gasteiger charge is -2.30. The van der Waals surface area contributed by atoms with Crippen LogP contribution in [-0.4, -0.2) is 41.1 Å². The molecule has 1 saturated heterocycles. The van der Waals surface area contributed by atoms with Gasteiger partial charge < -0.3 is 20.7 Å². The van der Waals surface area contributed by atoms with Gasteiger partial charge in [0.05, 0.1) is 17.7 Å². The monoisotopic (exact) mass is 410 g/mol. The molecule has 1 fully saturated rings. The van der Waals surface area contributed by atoms with Crippen molar-refractivity contribution in [1.29, 1.82) is 0 Å². The number of thiazole rings is 1. The van der Waals surface area contributed by atoms with Crippen LogP contribution in [-0.2, 0) is 4.79 Å². The SMILES string of the molecule is COc1ccnc(Nc2cccc(-c3cnc(N4CCC(C(N)=O)CC4)s3)n2)c1. The molecule has 3 aromatic heterocycles. The summed E-state index contributed by atoms with van der Waals surface area (Å²) in [6.07, 6.45) is 5.07. The van der Waals surface area contributed by atoms with Gasteiger partial charge in [-0.3, -0.25) is 4.79 Å². The van der Waals surface area contributed by atoms with Gasteiger partial charge in [0.1, 0.15) is 17.4 Å². The quantitative estimate of drug-likeness (QED) is 0.643. The molecule has 4 heterocycles. The van der Waals surface area contributed by atoms with Gasteiger partial charge in [-0.1, -0.05) is 17.4 Å². The zero-order valence-electron chi connectivity index (χ0n) is 16.0. The summed E-state index contributed by atoms with van der Waals surface area (Å²) in [6, 6.07) is 9.40. The summed E-state index contributed by atoms with van der Waals surface area (Å²) in [5, 5.41) is 4.14. The fourth-order valence-electron chi connectivity index (χ4n) is 3.26. The Morgan fingerprint density at radius 1 is 1.24 bits per heavy atom. The Balaban J connectivity index is 1.47. The fraction of sp³-hybridized carbons (Fsp3) is 0.300. The number of primary amides is 1. The lowest BCUT2D eigenvalue weighted by atomic mass is 9.97. The highest BCUT2D eigenvalue weighted by atomic mass is 32.1. The first-order valence-corrected chi connectivity index (χ1v) is 10.2. The van der Waals surface area contributed by atoms with Crippen molar-refractivity contribution in [2.45, 2.75) is 12.8 Å². The van der Waals surface area contributed by atoms with Crippen molar-refractivity contribution < 1.29 is 9.53 Å². The van der Waals surface area contributed by atoms with Gasteiger partial charge in [0.2, 0.25) is 5.91 Å². The van der Waals surface area contributed by atoms with E-state index in [4.69, 9.17) is 10.5 Å². The fourth-order valence-corrected chi connectivity index (χ4v) is 4.20. The maximum atomic E-state index is 11.4. The number of hydrogen-bond acceptors (Lipinski definition) is 8. The van der Waals surface area contributed by atoms with E-state index in [-0.39, 0.29) is 11.8 Å². The molecular formula is C20H22N6O2S. The van der Waals surface area contributed by atoms with E-state index in [2.05, 4.69) is 25.2 Å². The number of methoxy groups -OCH3 is 1. The predicted molar refractivity (Wildman–Crippen MR) is 114 cm³/mol. The molecule has 1 aliphatic rings. The van der Waals surface area contributed by atoms with Crippen LogP contribution in [0.1, 0.15) is 12.8 Å². The standard InChI is InChI=1S/C20H22N6O2S/c1-28-14-5-8-22-18(11-14)25-17-4-2-3-15(24-17)16-12-23-20(29-16)26-9-6-13(7-10-26)19(21)27/h2-5,8,11-13H,6-7,9-10H2,1H3,(H2,21,27)(H,22,24,25). The molecule has 0 unspecified atom stereocenters. The molecule has 8 nitrogen and oxygen atoms in total. The number of nitrogens with zero attached hydrogens (tertiary/aromatic N) is 4. The Labute approximate surface area is 172 Å². The number of pyridine rings is 2. The van der Waals surface area contributed by atoms with Gasteiger partial charge in [-0.05, 0) is 31.0 Å². The Bertz CT molecular complexity index is 1000.